The molecule has 8 nitrogen and oxygen atoms in total. The first-order valence-corrected chi connectivity index (χ1v) is 15.0. The first-order chi connectivity index (χ1) is 19.0. The van der Waals surface area contributed by atoms with E-state index in [0.717, 1.165) is 47.0 Å². The number of fused-ring (bicyclic) bond motifs is 1. The molecule has 10 heteroatoms. The lowest BCUT2D eigenvalue weighted by atomic mass is 9.94. The van der Waals surface area contributed by atoms with Gasteiger partial charge in [-0.3, -0.25) is 14.5 Å². The van der Waals surface area contributed by atoms with Gasteiger partial charge in [-0.1, -0.05) is 49.2 Å². The molecule has 2 amide bonds. The van der Waals surface area contributed by atoms with E-state index in [4.69, 9.17) is 9.73 Å². The van der Waals surface area contributed by atoms with Crippen LogP contribution in [0.5, 0.6) is 5.75 Å². The number of amidine groups is 1. The number of para-hydroxylation sites is 1. The zero-order valence-electron chi connectivity index (χ0n) is 22.3. The van der Waals surface area contributed by atoms with E-state index in [-0.39, 0.29) is 17.9 Å². The highest BCUT2D eigenvalue weighted by atomic mass is 32.2. The maximum Gasteiger partial charge on any atom is 0.278 e. The van der Waals surface area contributed by atoms with Crippen molar-refractivity contribution in [3.63, 3.8) is 0 Å². The van der Waals surface area contributed by atoms with E-state index in [1.807, 2.05) is 60.4 Å². The fraction of sp³-hybridized carbons (Fsp3) is 0.379. The topological polar surface area (TPSA) is 77.8 Å². The molecule has 0 aromatic heterocycles. The summed E-state index contributed by atoms with van der Waals surface area (Å²) in [6.45, 7) is 4.63. The predicted molar refractivity (Wildman–Crippen MR) is 158 cm³/mol. The first-order valence-electron chi connectivity index (χ1n) is 13.4. The van der Waals surface area contributed by atoms with Crippen LogP contribution < -0.4 is 14.6 Å². The molecule has 2 fully saturated rings. The number of hydrazone groups is 1. The molecule has 0 bridgehead atoms. The smallest absolute Gasteiger partial charge is 0.278 e. The number of methoxy groups -OCH3 is 1. The summed E-state index contributed by atoms with van der Waals surface area (Å²) in [5.41, 5.74) is 2.37. The molecule has 0 spiro atoms. The van der Waals surface area contributed by atoms with Gasteiger partial charge in [-0.25, -0.2) is 4.99 Å². The van der Waals surface area contributed by atoms with Crippen LogP contribution >= 0.6 is 23.5 Å². The summed E-state index contributed by atoms with van der Waals surface area (Å²) in [4.78, 5) is 38.4. The van der Waals surface area contributed by atoms with Crippen LogP contribution in [0.2, 0.25) is 0 Å². The van der Waals surface area contributed by atoms with Crippen LogP contribution in [-0.4, -0.2) is 53.3 Å². The van der Waals surface area contributed by atoms with Crippen LogP contribution in [0, 0.1) is 0 Å². The normalized spacial score (nSPS) is 24.7. The SMILES string of the molecule is CCN1C(=C2SC(=NC3C(=O)N(c4ccccc4)N=C3C)N(C3CCCCC3)C2=O)Sc2ccc(OC)cc21. The van der Waals surface area contributed by atoms with Gasteiger partial charge >= 0.3 is 0 Å². The Labute approximate surface area is 237 Å². The molecule has 6 rings (SSSR count). The van der Waals surface area contributed by atoms with Crippen molar-refractivity contribution in [1.82, 2.24) is 4.90 Å². The predicted octanol–water partition coefficient (Wildman–Crippen LogP) is 5.85. The largest absolute Gasteiger partial charge is 0.497 e. The number of amides is 2. The Morgan fingerprint density at radius 2 is 1.82 bits per heavy atom. The molecule has 2 aromatic carbocycles. The number of nitrogens with zero attached hydrogens (tertiary/aromatic N) is 5. The molecule has 1 atom stereocenters. The highest BCUT2D eigenvalue weighted by Gasteiger charge is 2.44. The van der Waals surface area contributed by atoms with Gasteiger partial charge in [0.05, 0.1) is 24.2 Å². The number of carbonyl (C=O) groups excluding carboxylic acids is 2. The van der Waals surface area contributed by atoms with Crippen molar-refractivity contribution in [2.24, 2.45) is 10.1 Å². The van der Waals surface area contributed by atoms with Gasteiger partial charge in [-0.15, -0.1) is 0 Å². The summed E-state index contributed by atoms with van der Waals surface area (Å²) in [6.07, 6.45) is 5.24. The molecule has 0 radical (unpaired) electrons. The molecule has 2 aromatic rings. The number of rotatable bonds is 5. The number of hydrogen-bond acceptors (Lipinski definition) is 8. The fourth-order valence-electron chi connectivity index (χ4n) is 5.51. The molecular weight excluding hydrogens is 530 g/mol. The second-order valence-electron chi connectivity index (χ2n) is 9.92. The molecule has 1 aliphatic carbocycles. The Morgan fingerprint density at radius 1 is 1.05 bits per heavy atom. The van der Waals surface area contributed by atoms with Crippen LogP contribution in [0.1, 0.15) is 46.0 Å². The lowest BCUT2D eigenvalue weighted by molar-refractivity contribution is -0.124. The zero-order chi connectivity index (χ0) is 27.1. The van der Waals surface area contributed by atoms with Crippen molar-refractivity contribution in [3.8, 4) is 5.75 Å². The third-order valence-corrected chi connectivity index (χ3v) is 9.88. The summed E-state index contributed by atoms with van der Waals surface area (Å²) >= 11 is 3.00. The van der Waals surface area contributed by atoms with Gasteiger partial charge in [-0.05, 0) is 62.7 Å². The van der Waals surface area contributed by atoms with E-state index in [9.17, 15) is 9.59 Å². The third-order valence-electron chi connectivity index (χ3n) is 7.51. The van der Waals surface area contributed by atoms with Gasteiger partial charge in [0.2, 0.25) is 0 Å². The van der Waals surface area contributed by atoms with Crippen molar-refractivity contribution < 1.29 is 14.3 Å². The number of carbonyl (C=O) groups is 2. The standard InChI is InChI=1S/C29H31N5O3S2/c1-4-32-22-17-21(37-3)15-16-23(22)38-28(32)25-27(36)33(19-11-7-5-8-12-19)29(39-25)30-24-18(2)31-34(26(24)35)20-13-9-6-10-14-20/h6,9-10,13-17,19,24H,4-5,7-8,11-12H2,1-3H3. The molecule has 1 saturated carbocycles. The van der Waals surface area contributed by atoms with Gasteiger partial charge in [-0.2, -0.15) is 10.1 Å². The molecule has 202 valence electrons. The van der Waals surface area contributed by atoms with E-state index in [2.05, 4.69) is 16.9 Å². The monoisotopic (exact) mass is 561 g/mol. The molecule has 1 saturated heterocycles. The fourth-order valence-corrected chi connectivity index (χ4v) is 7.95. The number of benzene rings is 2. The molecule has 4 aliphatic rings. The van der Waals surface area contributed by atoms with Crippen LogP contribution in [-0.2, 0) is 9.59 Å². The minimum atomic E-state index is -0.754. The number of ether oxygens (including phenoxy) is 1. The Morgan fingerprint density at radius 3 is 2.54 bits per heavy atom. The Kier molecular flexibility index (Phi) is 7.16. The molecule has 3 aliphatic heterocycles. The summed E-state index contributed by atoms with van der Waals surface area (Å²) in [5.74, 6) is 0.563. The summed E-state index contributed by atoms with van der Waals surface area (Å²) < 4.78 is 5.46. The summed E-state index contributed by atoms with van der Waals surface area (Å²) in [7, 11) is 1.66. The summed E-state index contributed by atoms with van der Waals surface area (Å²) in [6, 6.07) is 14.7. The molecule has 0 N–H and O–H groups in total. The second kappa shape index (κ2) is 10.7. The van der Waals surface area contributed by atoms with Crippen molar-refractivity contribution >= 4 is 57.6 Å². The van der Waals surface area contributed by atoms with Crippen LogP contribution in [0.25, 0.3) is 0 Å². The quantitative estimate of drug-likeness (QED) is 0.426. The molecular formula is C29H31N5O3S2. The van der Waals surface area contributed by atoms with Crippen molar-refractivity contribution in [3.05, 3.63) is 58.5 Å². The van der Waals surface area contributed by atoms with Crippen molar-refractivity contribution in [2.75, 3.05) is 23.6 Å². The van der Waals surface area contributed by atoms with Gasteiger partial charge in [0.1, 0.15) is 15.7 Å². The van der Waals surface area contributed by atoms with E-state index in [1.54, 1.807) is 18.9 Å². The van der Waals surface area contributed by atoms with E-state index in [0.29, 0.717) is 28.0 Å². The Bertz CT molecular complexity index is 1400. The minimum Gasteiger partial charge on any atom is -0.497 e. The number of thioether (sulfide) groups is 2. The van der Waals surface area contributed by atoms with Crippen molar-refractivity contribution in [2.45, 2.75) is 62.9 Å². The second-order valence-corrected chi connectivity index (χ2v) is 11.9. The zero-order valence-corrected chi connectivity index (χ0v) is 23.9. The van der Waals surface area contributed by atoms with Gasteiger partial charge in [0, 0.05) is 23.5 Å². The highest BCUT2D eigenvalue weighted by Crippen LogP contribution is 2.52. The van der Waals surface area contributed by atoms with E-state index < -0.39 is 6.04 Å². The molecule has 39 heavy (non-hydrogen) atoms. The summed E-state index contributed by atoms with van der Waals surface area (Å²) in [5, 5.41) is 7.46. The third kappa shape index (κ3) is 4.63. The maximum atomic E-state index is 14.1. The maximum absolute atomic E-state index is 14.1. The average molecular weight is 562 g/mol. The van der Waals surface area contributed by atoms with Crippen molar-refractivity contribution in [1.29, 1.82) is 0 Å². The molecule has 3 heterocycles. The minimum absolute atomic E-state index is 0.0219. The van der Waals surface area contributed by atoms with E-state index >= 15 is 0 Å². The average Bonchev–Trinajstić information content (AvgIpc) is 3.59. The number of hydrogen-bond donors (Lipinski definition) is 0. The van der Waals surface area contributed by atoms with Crippen LogP contribution in [0.15, 0.2) is 73.5 Å². The van der Waals surface area contributed by atoms with Gasteiger partial charge in [0.15, 0.2) is 11.2 Å². The van der Waals surface area contributed by atoms with Gasteiger partial charge < -0.3 is 9.64 Å². The number of anilines is 2. The Balaban J connectivity index is 1.38. The lowest BCUT2D eigenvalue weighted by Crippen LogP contribution is -2.42. The lowest BCUT2D eigenvalue weighted by Gasteiger charge is -2.30. The van der Waals surface area contributed by atoms with Gasteiger partial charge in [0.25, 0.3) is 11.8 Å². The first kappa shape index (κ1) is 26.0. The number of aliphatic imine (C=N–C) groups is 1. The molecule has 1 unspecified atom stereocenters. The van der Waals surface area contributed by atoms with E-state index in [1.165, 1.54) is 23.2 Å². The van der Waals surface area contributed by atoms with Crippen LogP contribution in [0.3, 0.4) is 0 Å². The Hall–Kier alpha value is -3.24. The highest BCUT2D eigenvalue weighted by molar-refractivity contribution is 8.19. The van der Waals surface area contributed by atoms with Crippen LogP contribution in [0.4, 0.5) is 11.4 Å².